The zero-order valence-electron chi connectivity index (χ0n) is 8.01. The molecule has 0 amide bonds. The second-order valence-electron chi connectivity index (χ2n) is 3.28. The number of benzene rings is 1. The van der Waals surface area contributed by atoms with Crippen molar-refractivity contribution in [2.75, 3.05) is 6.61 Å². The molecule has 0 aliphatic carbocycles. The second kappa shape index (κ2) is 4.13. The third-order valence-corrected chi connectivity index (χ3v) is 2.19. The SMILES string of the molecule is O=C(OCc1ccccc1)C1COC1=O. The zero-order chi connectivity index (χ0) is 10.7. The molecule has 1 aromatic carbocycles. The summed E-state index contributed by atoms with van der Waals surface area (Å²) in [6.45, 7) is 0.343. The number of carbonyl (C=O) groups excluding carboxylic acids is 2. The molecule has 1 saturated heterocycles. The largest absolute Gasteiger partial charge is 0.463 e. The summed E-state index contributed by atoms with van der Waals surface area (Å²) in [4.78, 5) is 22.0. The quantitative estimate of drug-likeness (QED) is 0.544. The highest BCUT2D eigenvalue weighted by Crippen LogP contribution is 2.15. The van der Waals surface area contributed by atoms with Crippen LogP contribution in [0.25, 0.3) is 0 Å². The highest BCUT2D eigenvalue weighted by molar-refractivity contribution is 5.98. The standard InChI is InChI=1S/C11H10O4/c12-10(9-7-15-11(9)13)14-6-8-4-2-1-3-5-8/h1-5,9H,6-7H2. The molecule has 1 aromatic rings. The Labute approximate surface area is 86.8 Å². The Morgan fingerprint density at radius 1 is 1.40 bits per heavy atom. The lowest BCUT2D eigenvalue weighted by Crippen LogP contribution is -2.41. The van der Waals surface area contributed by atoms with Crippen LogP contribution in [0.15, 0.2) is 30.3 Å². The predicted molar refractivity (Wildman–Crippen MR) is 50.7 cm³/mol. The van der Waals surface area contributed by atoms with Crippen LogP contribution in [0.1, 0.15) is 5.56 Å². The fourth-order valence-electron chi connectivity index (χ4n) is 1.23. The van der Waals surface area contributed by atoms with Crippen LogP contribution >= 0.6 is 0 Å². The van der Waals surface area contributed by atoms with Gasteiger partial charge in [0.2, 0.25) is 0 Å². The lowest BCUT2D eigenvalue weighted by atomic mass is 10.1. The Hall–Kier alpha value is -1.84. The van der Waals surface area contributed by atoms with Crippen LogP contribution in [0.3, 0.4) is 0 Å². The summed E-state index contributed by atoms with van der Waals surface area (Å²) in [5.41, 5.74) is 0.901. The molecule has 78 valence electrons. The van der Waals surface area contributed by atoms with E-state index in [9.17, 15) is 9.59 Å². The van der Waals surface area contributed by atoms with Gasteiger partial charge in [-0.25, -0.2) is 0 Å². The van der Waals surface area contributed by atoms with Gasteiger partial charge in [-0.15, -0.1) is 0 Å². The van der Waals surface area contributed by atoms with E-state index in [-0.39, 0.29) is 13.2 Å². The topological polar surface area (TPSA) is 52.6 Å². The van der Waals surface area contributed by atoms with E-state index in [4.69, 9.17) is 4.74 Å². The van der Waals surface area contributed by atoms with Crippen molar-refractivity contribution < 1.29 is 19.1 Å². The van der Waals surface area contributed by atoms with Gasteiger partial charge < -0.3 is 9.47 Å². The van der Waals surface area contributed by atoms with Crippen LogP contribution < -0.4 is 0 Å². The van der Waals surface area contributed by atoms with Crippen LogP contribution in [0.2, 0.25) is 0 Å². The molecule has 0 N–H and O–H groups in total. The first-order valence-corrected chi connectivity index (χ1v) is 4.64. The van der Waals surface area contributed by atoms with E-state index in [0.717, 1.165) is 5.56 Å². The van der Waals surface area contributed by atoms with Crippen molar-refractivity contribution in [1.82, 2.24) is 0 Å². The zero-order valence-corrected chi connectivity index (χ0v) is 8.01. The van der Waals surface area contributed by atoms with Gasteiger partial charge in [-0.05, 0) is 5.56 Å². The number of esters is 2. The summed E-state index contributed by atoms with van der Waals surface area (Å²) in [5.74, 6) is -1.71. The Balaban J connectivity index is 1.83. The average Bonchev–Trinajstić information content (AvgIpc) is 2.26. The monoisotopic (exact) mass is 206 g/mol. The molecule has 1 fully saturated rings. The maximum Gasteiger partial charge on any atom is 0.324 e. The molecule has 0 saturated carbocycles. The van der Waals surface area contributed by atoms with Crippen molar-refractivity contribution in [3.8, 4) is 0 Å². The normalized spacial score (nSPS) is 18.9. The van der Waals surface area contributed by atoms with Crippen molar-refractivity contribution in [3.63, 3.8) is 0 Å². The number of ether oxygens (including phenoxy) is 2. The highest BCUT2D eigenvalue weighted by atomic mass is 16.6. The van der Waals surface area contributed by atoms with E-state index in [1.165, 1.54) is 0 Å². The minimum absolute atomic E-state index is 0.145. The Morgan fingerprint density at radius 2 is 2.13 bits per heavy atom. The van der Waals surface area contributed by atoms with Crippen LogP contribution in [-0.4, -0.2) is 18.5 Å². The first-order valence-electron chi connectivity index (χ1n) is 4.64. The van der Waals surface area contributed by atoms with Gasteiger partial charge in [0.1, 0.15) is 13.2 Å². The van der Waals surface area contributed by atoms with E-state index in [2.05, 4.69) is 4.74 Å². The van der Waals surface area contributed by atoms with Crippen LogP contribution in [0, 0.1) is 5.92 Å². The van der Waals surface area contributed by atoms with Gasteiger partial charge >= 0.3 is 11.9 Å². The first-order chi connectivity index (χ1) is 7.27. The van der Waals surface area contributed by atoms with Crippen molar-refractivity contribution in [2.45, 2.75) is 6.61 Å². The van der Waals surface area contributed by atoms with Gasteiger partial charge in [0.25, 0.3) is 0 Å². The summed E-state index contributed by atoms with van der Waals surface area (Å²) < 4.78 is 9.44. The molecule has 1 aliphatic heterocycles. The molecule has 0 spiro atoms. The van der Waals surface area contributed by atoms with Gasteiger partial charge in [0.15, 0.2) is 5.92 Å². The van der Waals surface area contributed by atoms with Crippen molar-refractivity contribution in [3.05, 3.63) is 35.9 Å². The molecule has 1 unspecified atom stereocenters. The summed E-state index contributed by atoms with van der Waals surface area (Å²) in [7, 11) is 0. The average molecular weight is 206 g/mol. The summed E-state index contributed by atoms with van der Waals surface area (Å²) in [5, 5.41) is 0. The number of carbonyl (C=O) groups is 2. The van der Waals surface area contributed by atoms with Gasteiger partial charge in [-0.1, -0.05) is 30.3 Å². The third-order valence-electron chi connectivity index (χ3n) is 2.19. The van der Waals surface area contributed by atoms with Crippen molar-refractivity contribution in [2.24, 2.45) is 5.92 Å². The molecular formula is C11H10O4. The van der Waals surface area contributed by atoms with Gasteiger partial charge in [0.05, 0.1) is 0 Å². The van der Waals surface area contributed by atoms with Crippen LogP contribution in [0.4, 0.5) is 0 Å². The Bertz CT molecular complexity index is 371. The molecule has 4 heteroatoms. The highest BCUT2D eigenvalue weighted by Gasteiger charge is 2.38. The van der Waals surface area contributed by atoms with Gasteiger partial charge in [0, 0.05) is 0 Å². The molecule has 1 atom stereocenters. The molecule has 0 aromatic heterocycles. The maximum absolute atomic E-state index is 11.3. The smallest absolute Gasteiger partial charge is 0.324 e. The number of hydrogen-bond acceptors (Lipinski definition) is 4. The Kier molecular flexibility index (Phi) is 2.67. The van der Waals surface area contributed by atoms with Gasteiger partial charge in [-0.2, -0.15) is 0 Å². The maximum atomic E-state index is 11.3. The fourth-order valence-corrected chi connectivity index (χ4v) is 1.23. The van der Waals surface area contributed by atoms with Crippen molar-refractivity contribution >= 4 is 11.9 Å². The van der Waals surface area contributed by atoms with E-state index < -0.39 is 17.9 Å². The Morgan fingerprint density at radius 3 is 2.67 bits per heavy atom. The molecule has 0 bridgehead atoms. The van der Waals surface area contributed by atoms with E-state index in [0.29, 0.717) is 0 Å². The van der Waals surface area contributed by atoms with E-state index >= 15 is 0 Å². The summed E-state index contributed by atoms with van der Waals surface area (Å²) in [6, 6.07) is 9.31. The minimum Gasteiger partial charge on any atom is -0.463 e. The summed E-state index contributed by atoms with van der Waals surface area (Å²) in [6.07, 6.45) is 0. The van der Waals surface area contributed by atoms with E-state index in [1.807, 2.05) is 30.3 Å². The fraction of sp³-hybridized carbons (Fsp3) is 0.273. The number of cyclic esters (lactones) is 1. The lowest BCUT2D eigenvalue weighted by molar-refractivity contribution is -0.181. The molecule has 1 heterocycles. The molecule has 0 radical (unpaired) electrons. The van der Waals surface area contributed by atoms with E-state index in [1.54, 1.807) is 0 Å². The molecule has 2 rings (SSSR count). The predicted octanol–water partition coefficient (Wildman–Crippen LogP) is 0.903. The van der Waals surface area contributed by atoms with Crippen LogP contribution in [0.5, 0.6) is 0 Å². The first kappa shape index (κ1) is 9.71. The van der Waals surface area contributed by atoms with Gasteiger partial charge in [-0.3, -0.25) is 9.59 Å². The number of rotatable bonds is 3. The van der Waals surface area contributed by atoms with Crippen LogP contribution in [-0.2, 0) is 25.7 Å². The minimum atomic E-state index is -0.714. The van der Waals surface area contributed by atoms with Crippen molar-refractivity contribution in [1.29, 1.82) is 0 Å². The molecule has 4 nitrogen and oxygen atoms in total. The molecule has 1 aliphatic rings. The lowest BCUT2D eigenvalue weighted by Gasteiger charge is -2.22. The molecular weight excluding hydrogens is 196 g/mol. The molecule has 15 heavy (non-hydrogen) atoms. The number of hydrogen-bond donors (Lipinski definition) is 0. The third kappa shape index (κ3) is 2.15. The second-order valence-corrected chi connectivity index (χ2v) is 3.28. The summed E-state index contributed by atoms with van der Waals surface area (Å²) >= 11 is 0.